The number of aryl methyl sites for hydroxylation is 1. The van der Waals surface area contributed by atoms with Crippen molar-refractivity contribution in [2.24, 2.45) is 0 Å². The Kier molecular flexibility index (Phi) is 9.44. The Balaban J connectivity index is 1.55. The molecular weight excluding hydrogens is 466 g/mol. The third-order valence-electron chi connectivity index (χ3n) is 6.63. The Morgan fingerprint density at radius 3 is 2.57 bits per heavy atom. The van der Waals surface area contributed by atoms with E-state index in [-0.39, 0.29) is 29.4 Å². The van der Waals surface area contributed by atoms with E-state index in [0.29, 0.717) is 30.5 Å². The summed E-state index contributed by atoms with van der Waals surface area (Å²) in [7, 11) is 0. The predicted molar refractivity (Wildman–Crippen MR) is 147 cm³/mol. The van der Waals surface area contributed by atoms with Crippen molar-refractivity contribution in [3.63, 3.8) is 0 Å². The second-order valence-electron chi connectivity index (χ2n) is 10.1. The average Bonchev–Trinajstić information content (AvgIpc) is 2.86. The summed E-state index contributed by atoms with van der Waals surface area (Å²) in [4.78, 5) is 23.5. The second kappa shape index (κ2) is 12.5. The van der Waals surface area contributed by atoms with Gasteiger partial charge in [-0.25, -0.2) is 0 Å². The summed E-state index contributed by atoms with van der Waals surface area (Å²) in [5.41, 5.74) is 5.85. The fourth-order valence-corrected chi connectivity index (χ4v) is 4.32. The van der Waals surface area contributed by atoms with Crippen LogP contribution in [0.25, 0.3) is 0 Å². The lowest BCUT2D eigenvalue weighted by Gasteiger charge is -2.28. The molecule has 0 spiro atoms. The fraction of sp³-hybridized carbons (Fsp3) is 0.333. The minimum atomic E-state index is -0.832. The third-order valence-corrected chi connectivity index (χ3v) is 6.63. The Labute approximate surface area is 218 Å². The van der Waals surface area contributed by atoms with Gasteiger partial charge in [-0.05, 0) is 92.6 Å². The Morgan fingerprint density at radius 2 is 1.81 bits per heavy atom. The lowest BCUT2D eigenvalue weighted by molar-refractivity contribution is -0.105. The number of amides is 2. The minimum Gasteiger partial charge on any atom is -0.506 e. The van der Waals surface area contributed by atoms with Crippen LogP contribution < -0.4 is 16.0 Å². The van der Waals surface area contributed by atoms with E-state index in [1.54, 1.807) is 12.1 Å². The van der Waals surface area contributed by atoms with Crippen LogP contribution >= 0.6 is 0 Å². The number of phenolic OH excluding ortho intramolecular Hbond substituents is 1. The van der Waals surface area contributed by atoms with E-state index in [2.05, 4.69) is 41.9 Å². The summed E-state index contributed by atoms with van der Waals surface area (Å²) in [6, 6.07) is 18.4. The molecule has 0 aliphatic heterocycles. The summed E-state index contributed by atoms with van der Waals surface area (Å²) in [5, 5.41) is 29.3. The molecule has 0 fully saturated rings. The molecule has 3 aromatic rings. The van der Waals surface area contributed by atoms with Gasteiger partial charge >= 0.3 is 0 Å². The predicted octanol–water partition coefficient (Wildman–Crippen LogP) is 4.19. The molecule has 5 N–H and O–H groups in total. The molecule has 196 valence electrons. The van der Waals surface area contributed by atoms with Crippen molar-refractivity contribution >= 4 is 18.0 Å². The van der Waals surface area contributed by atoms with Gasteiger partial charge in [-0.15, -0.1) is 0 Å². The molecule has 0 radical (unpaired) electrons. The van der Waals surface area contributed by atoms with Crippen molar-refractivity contribution in [3.8, 4) is 5.75 Å². The Morgan fingerprint density at radius 1 is 1.05 bits per heavy atom. The van der Waals surface area contributed by atoms with E-state index in [1.807, 2.05) is 44.2 Å². The maximum absolute atomic E-state index is 12.8. The van der Waals surface area contributed by atoms with Crippen molar-refractivity contribution in [2.45, 2.75) is 52.2 Å². The molecule has 3 rings (SSSR count). The highest BCUT2D eigenvalue weighted by molar-refractivity contribution is 5.94. The number of carbonyl (C=O) groups is 2. The maximum Gasteiger partial charge on any atom is 0.251 e. The quantitative estimate of drug-likeness (QED) is 0.188. The van der Waals surface area contributed by atoms with Gasteiger partial charge in [0, 0.05) is 24.2 Å². The molecule has 7 heteroatoms. The lowest BCUT2D eigenvalue weighted by Crippen LogP contribution is -2.43. The monoisotopic (exact) mass is 503 g/mol. The molecule has 0 bridgehead atoms. The summed E-state index contributed by atoms with van der Waals surface area (Å²) in [6.45, 7) is 9.12. The first-order chi connectivity index (χ1) is 17.6. The summed E-state index contributed by atoms with van der Waals surface area (Å²) in [5.74, 6) is -0.161. The molecule has 7 nitrogen and oxygen atoms in total. The third kappa shape index (κ3) is 7.90. The highest BCUT2D eigenvalue weighted by atomic mass is 16.3. The zero-order chi connectivity index (χ0) is 27.0. The topological polar surface area (TPSA) is 111 Å². The summed E-state index contributed by atoms with van der Waals surface area (Å²) in [6.07, 6.45) is 1.08. The van der Waals surface area contributed by atoms with Crippen molar-refractivity contribution in [1.29, 1.82) is 0 Å². The van der Waals surface area contributed by atoms with Crippen LogP contribution in [0.5, 0.6) is 5.75 Å². The number of hydrogen-bond acceptors (Lipinski definition) is 5. The first-order valence-electron chi connectivity index (χ1n) is 12.5. The number of aliphatic hydroxyl groups is 1. The molecule has 1 atom stereocenters. The minimum absolute atomic E-state index is 0.0643. The normalized spacial score (nSPS) is 12.1. The van der Waals surface area contributed by atoms with E-state index < -0.39 is 6.10 Å². The molecule has 0 aliphatic carbocycles. The molecule has 37 heavy (non-hydrogen) atoms. The fourth-order valence-electron chi connectivity index (χ4n) is 4.32. The van der Waals surface area contributed by atoms with Gasteiger partial charge in [0.1, 0.15) is 5.75 Å². The van der Waals surface area contributed by atoms with Gasteiger partial charge in [0.25, 0.3) is 5.91 Å². The zero-order valence-corrected chi connectivity index (χ0v) is 22.0. The zero-order valence-electron chi connectivity index (χ0n) is 22.0. The number of phenols is 1. The van der Waals surface area contributed by atoms with E-state index in [1.165, 1.54) is 22.8 Å². The van der Waals surface area contributed by atoms with Gasteiger partial charge in [0.15, 0.2) is 0 Å². The van der Waals surface area contributed by atoms with Crippen LogP contribution in [0.2, 0.25) is 0 Å². The van der Waals surface area contributed by atoms with E-state index >= 15 is 0 Å². The van der Waals surface area contributed by atoms with Crippen molar-refractivity contribution in [3.05, 3.63) is 94.0 Å². The molecular formula is C30H37N3O4. The van der Waals surface area contributed by atoms with E-state index in [9.17, 15) is 19.8 Å². The number of aliphatic hydroxyl groups excluding tert-OH is 1. The number of aromatic hydroxyl groups is 1. The van der Waals surface area contributed by atoms with Crippen LogP contribution in [-0.2, 0) is 17.6 Å². The standard InChI is InChI=1S/C30H37N3O4/c1-20-7-5-9-23(21(20)2)13-14-31-29(37)25-10-6-8-22(15-25)17-30(3,4)33-18-28(36)24-11-12-27(35)26(16-24)32-19-34/h5-12,15-16,19,28,33,35-36H,13-14,17-18H2,1-4H3,(H,31,37)(H,32,34)/t28-/m0/s1. The first kappa shape index (κ1) is 27.9. The lowest BCUT2D eigenvalue weighted by atomic mass is 9.93. The number of carbonyl (C=O) groups excluding carboxylic acids is 2. The molecule has 0 aromatic heterocycles. The number of hydrogen-bond donors (Lipinski definition) is 5. The van der Waals surface area contributed by atoms with Crippen LogP contribution in [-0.4, -0.2) is 41.2 Å². The average molecular weight is 504 g/mol. The van der Waals surface area contributed by atoms with Crippen molar-refractivity contribution in [1.82, 2.24) is 10.6 Å². The highest BCUT2D eigenvalue weighted by Crippen LogP contribution is 2.27. The van der Waals surface area contributed by atoms with E-state index in [4.69, 9.17) is 0 Å². The number of benzene rings is 3. The number of anilines is 1. The molecule has 3 aromatic carbocycles. The van der Waals surface area contributed by atoms with Gasteiger partial charge in [0.2, 0.25) is 6.41 Å². The molecule has 2 amide bonds. The number of rotatable bonds is 12. The van der Waals surface area contributed by atoms with Crippen molar-refractivity contribution in [2.75, 3.05) is 18.4 Å². The number of nitrogens with one attached hydrogen (secondary N) is 3. The van der Waals surface area contributed by atoms with Crippen LogP contribution in [0, 0.1) is 13.8 Å². The summed E-state index contributed by atoms with van der Waals surface area (Å²) >= 11 is 0. The van der Waals surface area contributed by atoms with Gasteiger partial charge in [0.05, 0.1) is 11.8 Å². The molecule has 0 heterocycles. The largest absolute Gasteiger partial charge is 0.506 e. The van der Waals surface area contributed by atoms with E-state index in [0.717, 1.165) is 12.0 Å². The van der Waals surface area contributed by atoms with Crippen molar-refractivity contribution < 1.29 is 19.8 Å². The molecule has 0 aliphatic rings. The Bertz CT molecular complexity index is 1240. The highest BCUT2D eigenvalue weighted by Gasteiger charge is 2.21. The molecule has 0 saturated heterocycles. The molecule has 0 unspecified atom stereocenters. The SMILES string of the molecule is Cc1cccc(CCNC(=O)c2cccc(CC(C)(C)NC[C@H](O)c3ccc(O)c(NC=O)c3)c2)c1C. The smallest absolute Gasteiger partial charge is 0.251 e. The van der Waals surface area contributed by atoms with Gasteiger partial charge in [-0.2, -0.15) is 0 Å². The van der Waals surface area contributed by atoms with Crippen LogP contribution in [0.3, 0.4) is 0 Å². The summed E-state index contributed by atoms with van der Waals surface area (Å²) < 4.78 is 0. The second-order valence-corrected chi connectivity index (χ2v) is 10.1. The maximum atomic E-state index is 12.8. The van der Waals surface area contributed by atoms with Crippen LogP contribution in [0.1, 0.15) is 58.1 Å². The van der Waals surface area contributed by atoms with Crippen LogP contribution in [0.15, 0.2) is 60.7 Å². The van der Waals surface area contributed by atoms with Gasteiger partial charge in [-0.3, -0.25) is 9.59 Å². The van der Waals surface area contributed by atoms with Gasteiger partial charge < -0.3 is 26.2 Å². The van der Waals surface area contributed by atoms with Gasteiger partial charge in [-0.1, -0.05) is 36.4 Å². The Hall–Kier alpha value is -3.68. The molecule has 0 saturated carbocycles. The number of β-amino-alcohol motifs (C(OH)–C–C–N with tert-alkyl or cyclic N) is 1. The van der Waals surface area contributed by atoms with Crippen LogP contribution in [0.4, 0.5) is 5.69 Å². The first-order valence-corrected chi connectivity index (χ1v) is 12.5.